The number of hydrogen-bond acceptors (Lipinski definition) is 7. The summed E-state index contributed by atoms with van der Waals surface area (Å²) in [5.41, 5.74) is 1.46. The largest absolute Gasteiger partial charge is 0.497 e. The molecule has 0 radical (unpaired) electrons. The van der Waals surface area contributed by atoms with Crippen LogP contribution in [0.3, 0.4) is 0 Å². The fraction of sp³-hybridized carbons (Fsp3) is 0.120. The van der Waals surface area contributed by atoms with Crippen LogP contribution in [0.25, 0.3) is 0 Å². The van der Waals surface area contributed by atoms with E-state index < -0.39 is 29.5 Å². The number of amides is 2. The first-order valence-corrected chi connectivity index (χ1v) is 10.5. The molecule has 0 aliphatic carbocycles. The van der Waals surface area contributed by atoms with Gasteiger partial charge in [0.15, 0.2) is 11.5 Å². The third kappa shape index (κ3) is 7.31. The minimum atomic E-state index is -4.60. The van der Waals surface area contributed by atoms with Crippen molar-refractivity contribution in [2.24, 2.45) is 5.10 Å². The Hall–Kier alpha value is -4.87. The lowest BCUT2D eigenvalue weighted by molar-refractivity contribution is -0.137. The van der Waals surface area contributed by atoms with Crippen LogP contribution in [-0.4, -0.2) is 38.2 Å². The predicted octanol–water partition coefficient (Wildman–Crippen LogP) is 4.03. The number of carbonyl (C=O) groups excluding carboxylic acids is 3. The number of ether oxygens (including phenoxy) is 3. The number of nitrogens with zero attached hydrogens (tertiary/aromatic N) is 1. The molecule has 0 atom stereocenters. The van der Waals surface area contributed by atoms with Gasteiger partial charge in [-0.1, -0.05) is 12.1 Å². The van der Waals surface area contributed by atoms with Crippen LogP contribution in [0, 0.1) is 0 Å². The number of methoxy groups -OCH3 is 2. The van der Waals surface area contributed by atoms with E-state index in [1.165, 1.54) is 50.8 Å². The van der Waals surface area contributed by atoms with Crippen LogP contribution in [0.15, 0.2) is 71.8 Å². The number of nitrogens with one attached hydrogen (secondary N) is 2. The lowest BCUT2D eigenvalue weighted by Gasteiger charge is -2.10. The molecule has 192 valence electrons. The molecule has 0 fully saturated rings. The molecule has 0 heterocycles. The Morgan fingerprint density at radius 3 is 2.32 bits per heavy atom. The molecule has 0 aliphatic rings. The summed E-state index contributed by atoms with van der Waals surface area (Å²) in [6, 6.07) is 14.6. The highest BCUT2D eigenvalue weighted by Gasteiger charge is 2.30. The van der Waals surface area contributed by atoms with Gasteiger partial charge in [0.2, 0.25) is 0 Å². The van der Waals surface area contributed by atoms with Crippen molar-refractivity contribution in [2.75, 3.05) is 19.5 Å². The van der Waals surface area contributed by atoms with E-state index in [2.05, 4.69) is 10.4 Å². The maximum Gasteiger partial charge on any atom is 0.416 e. The van der Waals surface area contributed by atoms with E-state index >= 15 is 0 Å². The molecule has 9 nitrogen and oxygen atoms in total. The zero-order valence-corrected chi connectivity index (χ0v) is 19.5. The number of anilines is 1. The molecular weight excluding hydrogens is 495 g/mol. The fourth-order valence-corrected chi connectivity index (χ4v) is 2.93. The highest BCUT2D eigenvalue weighted by molar-refractivity contribution is 6.39. The standard InChI is InChI=1S/C25H20F3N3O6/c1-35-19-8-3-5-16(12-19)24(34)37-20-10-9-15(11-21(20)36-2)14-29-31-23(33)22(32)30-18-7-4-6-17(13-18)25(26,27)28/h3-14H,1-2H3,(H,30,32)(H,31,33)/b29-14+. The lowest BCUT2D eigenvalue weighted by Crippen LogP contribution is -2.32. The number of hydrogen-bond donors (Lipinski definition) is 2. The second-order valence-electron chi connectivity index (χ2n) is 7.26. The van der Waals surface area contributed by atoms with Crippen LogP contribution in [0.2, 0.25) is 0 Å². The van der Waals surface area contributed by atoms with E-state index in [0.717, 1.165) is 12.1 Å². The van der Waals surface area contributed by atoms with Crippen molar-refractivity contribution in [2.45, 2.75) is 6.18 Å². The van der Waals surface area contributed by atoms with Crippen LogP contribution in [0.5, 0.6) is 17.2 Å². The number of halogens is 3. The van der Waals surface area contributed by atoms with Crippen LogP contribution >= 0.6 is 0 Å². The first-order chi connectivity index (χ1) is 17.6. The molecule has 3 aromatic carbocycles. The second-order valence-corrected chi connectivity index (χ2v) is 7.26. The van der Waals surface area contributed by atoms with E-state index in [0.29, 0.717) is 17.4 Å². The van der Waals surface area contributed by atoms with Crippen molar-refractivity contribution in [3.8, 4) is 17.2 Å². The summed E-state index contributed by atoms with van der Waals surface area (Å²) < 4.78 is 54.1. The van der Waals surface area contributed by atoms with Crippen molar-refractivity contribution in [3.63, 3.8) is 0 Å². The van der Waals surface area contributed by atoms with Crippen LogP contribution < -0.4 is 25.0 Å². The van der Waals surface area contributed by atoms with Crippen LogP contribution in [0.4, 0.5) is 18.9 Å². The molecule has 0 aliphatic heterocycles. The number of esters is 1. The highest BCUT2D eigenvalue weighted by atomic mass is 19.4. The second kappa shape index (κ2) is 11.7. The SMILES string of the molecule is COc1cccc(C(=O)Oc2ccc(/C=N/NC(=O)C(=O)Nc3cccc(C(F)(F)F)c3)cc2OC)c1. The minimum Gasteiger partial charge on any atom is -0.497 e. The van der Waals surface area contributed by atoms with Crippen molar-refractivity contribution < 1.29 is 41.8 Å². The third-order valence-corrected chi connectivity index (χ3v) is 4.73. The number of alkyl halides is 3. The monoisotopic (exact) mass is 515 g/mol. The molecule has 3 rings (SSSR count). The molecule has 3 aromatic rings. The van der Waals surface area contributed by atoms with Gasteiger partial charge in [0.25, 0.3) is 0 Å². The number of carbonyl (C=O) groups is 3. The Bertz CT molecular complexity index is 1340. The van der Waals surface area contributed by atoms with Gasteiger partial charge in [-0.2, -0.15) is 18.3 Å². The molecule has 2 N–H and O–H groups in total. The fourth-order valence-electron chi connectivity index (χ4n) is 2.93. The summed E-state index contributed by atoms with van der Waals surface area (Å²) in [5, 5.41) is 5.72. The number of hydrazone groups is 1. The Kier molecular flexibility index (Phi) is 8.46. The van der Waals surface area contributed by atoms with Gasteiger partial charge in [0.1, 0.15) is 5.75 Å². The molecule has 0 aromatic heterocycles. The topological polar surface area (TPSA) is 115 Å². The average molecular weight is 515 g/mol. The summed E-state index contributed by atoms with van der Waals surface area (Å²) in [6.07, 6.45) is -3.41. The summed E-state index contributed by atoms with van der Waals surface area (Å²) >= 11 is 0. The van der Waals surface area contributed by atoms with Gasteiger partial charge in [-0.05, 0) is 60.2 Å². The van der Waals surface area contributed by atoms with Gasteiger partial charge in [-0.15, -0.1) is 0 Å². The zero-order valence-electron chi connectivity index (χ0n) is 19.5. The molecule has 0 bridgehead atoms. The normalized spacial score (nSPS) is 11.1. The number of rotatable bonds is 7. The highest BCUT2D eigenvalue weighted by Crippen LogP contribution is 2.31. The van der Waals surface area contributed by atoms with Crippen LogP contribution in [-0.2, 0) is 15.8 Å². The Balaban J connectivity index is 1.61. The van der Waals surface area contributed by atoms with Crippen LogP contribution in [0.1, 0.15) is 21.5 Å². The van der Waals surface area contributed by atoms with E-state index in [4.69, 9.17) is 14.2 Å². The molecular formula is C25H20F3N3O6. The van der Waals surface area contributed by atoms with Gasteiger partial charge in [-0.3, -0.25) is 9.59 Å². The van der Waals surface area contributed by atoms with Gasteiger partial charge in [-0.25, -0.2) is 10.2 Å². The Morgan fingerprint density at radius 2 is 1.62 bits per heavy atom. The molecule has 37 heavy (non-hydrogen) atoms. The van der Waals surface area contributed by atoms with Gasteiger partial charge in [0, 0.05) is 5.69 Å². The molecule has 0 saturated heterocycles. The van der Waals surface area contributed by atoms with E-state index in [9.17, 15) is 27.6 Å². The third-order valence-electron chi connectivity index (χ3n) is 4.73. The minimum absolute atomic E-state index is 0.122. The predicted molar refractivity (Wildman–Crippen MR) is 127 cm³/mol. The molecule has 12 heteroatoms. The number of benzene rings is 3. The Labute approximate surface area is 208 Å². The van der Waals surface area contributed by atoms with Gasteiger partial charge in [0.05, 0.1) is 31.6 Å². The quantitative estimate of drug-likeness (QED) is 0.161. The van der Waals surface area contributed by atoms with Gasteiger partial charge >= 0.3 is 24.0 Å². The molecule has 0 spiro atoms. The summed E-state index contributed by atoms with van der Waals surface area (Å²) in [7, 11) is 2.83. The molecule has 0 saturated carbocycles. The smallest absolute Gasteiger partial charge is 0.416 e. The van der Waals surface area contributed by atoms with E-state index in [1.807, 2.05) is 5.43 Å². The van der Waals surface area contributed by atoms with Crippen molar-refractivity contribution in [3.05, 3.63) is 83.4 Å². The molecule has 0 unspecified atom stereocenters. The lowest BCUT2D eigenvalue weighted by atomic mass is 10.2. The van der Waals surface area contributed by atoms with Crippen molar-refractivity contribution in [1.82, 2.24) is 5.43 Å². The summed E-state index contributed by atoms with van der Waals surface area (Å²) in [5.74, 6) is -2.26. The molecule has 2 amide bonds. The summed E-state index contributed by atoms with van der Waals surface area (Å²) in [4.78, 5) is 36.4. The average Bonchev–Trinajstić information content (AvgIpc) is 2.88. The Morgan fingerprint density at radius 1 is 0.865 bits per heavy atom. The zero-order chi connectivity index (χ0) is 27.0. The van der Waals surface area contributed by atoms with E-state index in [1.54, 1.807) is 18.2 Å². The van der Waals surface area contributed by atoms with E-state index in [-0.39, 0.29) is 22.7 Å². The van der Waals surface area contributed by atoms with Crippen molar-refractivity contribution in [1.29, 1.82) is 0 Å². The first-order valence-electron chi connectivity index (χ1n) is 10.5. The maximum atomic E-state index is 12.8. The summed E-state index contributed by atoms with van der Waals surface area (Å²) in [6.45, 7) is 0. The first kappa shape index (κ1) is 26.7. The van der Waals surface area contributed by atoms with Crippen molar-refractivity contribution >= 4 is 29.7 Å². The maximum absolute atomic E-state index is 12.8. The van der Waals surface area contributed by atoms with Gasteiger partial charge < -0.3 is 19.5 Å².